The Morgan fingerprint density at radius 3 is 3.00 bits per heavy atom. The highest BCUT2D eigenvalue weighted by Gasteiger charge is 2.36. The second-order valence-corrected chi connectivity index (χ2v) is 8.35. The third-order valence-electron chi connectivity index (χ3n) is 5.08. The third kappa shape index (κ3) is 4.67. The predicted molar refractivity (Wildman–Crippen MR) is 102 cm³/mol. The van der Waals surface area contributed by atoms with E-state index >= 15 is 0 Å². The number of rotatable bonds is 5. The number of aryl methyl sites for hydroxylation is 1. The first-order valence-corrected chi connectivity index (χ1v) is 9.83. The lowest BCUT2D eigenvalue weighted by molar-refractivity contribution is -0.125. The van der Waals surface area contributed by atoms with E-state index < -0.39 is 0 Å². The first-order valence-electron chi connectivity index (χ1n) is 8.78. The Hall–Kier alpha value is -0.720. The first-order chi connectivity index (χ1) is 11.2. The fourth-order valence-electron chi connectivity index (χ4n) is 3.91. The van der Waals surface area contributed by atoms with Gasteiger partial charge in [0.25, 0.3) is 0 Å². The van der Waals surface area contributed by atoms with Gasteiger partial charge in [-0.05, 0) is 30.6 Å². The summed E-state index contributed by atoms with van der Waals surface area (Å²) in [7, 11) is 1.93. The average Bonchev–Trinajstić information content (AvgIpc) is 3.16. The summed E-state index contributed by atoms with van der Waals surface area (Å²) < 4.78 is 1.82. The number of hydrogen-bond acceptors (Lipinski definition) is 4. The first kappa shape index (κ1) is 19.6. The molecule has 3 rings (SSSR count). The smallest absolute Gasteiger partial charge is 0.225 e. The normalized spacial score (nSPS) is 29.9. The van der Waals surface area contributed by atoms with E-state index in [1.807, 2.05) is 35.9 Å². The van der Waals surface area contributed by atoms with Crippen molar-refractivity contribution in [3.8, 4) is 0 Å². The topological polar surface area (TPSA) is 59.0 Å². The van der Waals surface area contributed by atoms with Crippen LogP contribution >= 0.6 is 24.2 Å². The summed E-state index contributed by atoms with van der Waals surface area (Å²) in [5.74, 6) is 1.66. The summed E-state index contributed by atoms with van der Waals surface area (Å²) in [5.41, 5.74) is 1.17. The number of hydrogen-bond donors (Lipinski definition) is 2. The standard InChI is InChI=1S/C17H28N4OS.ClH/c1-3-23-14-6-4-5-13(7-14)20-17(22)16-10-18-9-15(16)12-8-19-21(2)11-12;/h8,11,13-16,18H,3-7,9-10H2,1-2H3,(H,20,22);1H/t13?,14?,15-,16+;/m1./s1. The molecular weight excluding hydrogens is 344 g/mol. The Labute approximate surface area is 155 Å². The maximum Gasteiger partial charge on any atom is 0.225 e. The van der Waals surface area contributed by atoms with Crippen LogP contribution in [0.5, 0.6) is 0 Å². The van der Waals surface area contributed by atoms with E-state index in [0.29, 0.717) is 6.04 Å². The quantitative estimate of drug-likeness (QED) is 0.832. The van der Waals surface area contributed by atoms with Crippen molar-refractivity contribution in [1.29, 1.82) is 0 Å². The van der Waals surface area contributed by atoms with Crippen LogP contribution in [0.2, 0.25) is 0 Å². The van der Waals surface area contributed by atoms with Crippen molar-refractivity contribution >= 4 is 30.1 Å². The molecule has 0 aromatic carbocycles. The molecule has 0 bridgehead atoms. The molecular formula is C17H29ClN4OS. The zero-order valence-corrected chi connectivity index (χ0v) is 16.2. The van der Waals surface area contributed by atoms with Crippen LogP contribution in [-0.2, 0) is 11.8 Å². The largest absolute Gasteiger partial charge is 0.353 e. The fraction of sp³-hybridized carbons (Fsp3) is 0.765. The van der Waals surface area contributed by atoms with Gasteiger partial charge in [0, 0.05) is 43.5 Å². The molecule has 1 aromatic rings. The van der Waals surface area contributed by atoms with Gasteiger partial charge >= 0.3 is 0 Å². The summed E-state index contributed by atoms with van der Waals surface area (Å²) in [6, 6.07) is 0.357. The fourth-order valence-corrected chi connectivity index (χ4v) is 5.08. The highest BCUT2D eigenvalue weighted by atomic mass is 35.5. The van der Waals surface area contributed by atoms with Gasteiger partial charge in [0.2, 0.25) is 5.91 Å². The van der Waals surface area contributed by atoms with Gasteiger partial charge in [-0.25, -0.2) is 0 Å². The number of amides is 1. The lowest BCUT2D eigenvalue weighted by atomic mass is 9.89. The maximum absolute atomic E-state index is 12.8. The van der Waals surface area contributed by atoms with Gasteiger partial charge in [0.1, 0.15) is 0 Å². The molecule has 2 N–H and O–H groups in total. The third-order valence-corrected chi connectivity index (χ3v) is 6.31. The lowest BCUT2D eigenvalue weighted by Crippen LogP contribution is -2.43. The van der Waals surface area contributed by atoms with Crippen molar-refractivity contribution in [2.45, 2.75) is 49.8 Å². The molecule has 1 aliphatic heterocycles. The molecule has 24 heavy (non-hydrogen) atoms. The van der Waals surface area contributed by atoms with Crippen LogP contribution in [0.4, 0.5) is 0 Å². The molecule has 2 aliphatic rings. The minimum Gasteiger partial charge on any atom is -0.353 e. The van der Waals surface area contributed by atoms with E-state index in [1.165, 1.54) is 24.2 Å². The minimum absolute atomic E-state index is 0. The lowest BCUT2D eigenvalue weighted by Gasteiger charge is -2.30. The SMILES string of the molecule is CCSC1CCCC(NC(=O)[C@H]2CNC[C@@H]2c2cnn(C)c2)C1.Cl. The molecule has 0 spiro atoms. The second-order valence-electron chi connectivity index (χ2n) is 6.77. The molecule has 1 saturated heterocycles. The monoisotopic (exact) mass is 372 g/mol. The molecule has 2 fully saturated rings. The number of nitrogens with zero attached hydrogens (tertiary/aromatic N) is 2. The summed E-state index contributed by atoms with van der Waals surface area (Å²) in [6.07, 6.45) is 8.72. The molecule has 1 aromatic heterocycles. The molecule has 4 atom stereocenters. The Morgan fingerprint density at radius 2 is 2.29 bits per heavy atom. The van der Waals surface area contributed by atoms with Crippen LogP contribution in [0, 0.1) is 5.92 Å². The molecule has 7 heteroatoms. The van der Waals surface area contributed by atoms with Crippen molar-refractivity contribution in [1.82, 2.24) is 20.4 Å². The predicted octanol–water partition coefficient (Wildman–Crippen LogP) is 2.33. The molecule has 136 valence electrons. The van der Waals surface area contributed by atoms with Gasteiger partial charge in [-0.15, -0.1) is 12.4 Å². The van der Waals surface area contributed by atoms with Gasteiger partial charge in [0.15, 0.2) is 0 Å². The van der Waals surface area contributed by atoms with E-state index in [4.69, 9.17) is 0 Å². The Morgan fingerprint density at radius 1 is 1.46 bits per heavy atom. The molecule has 0 radical (unpaired) electrons. The van der Waals surface area contributed by atoms with Gasteiger partial charge < -0.3 is 10.6 Å². The van der Waals surface area contributed by atoms with Gasteiger partial charge in [-0.3, -0.25) is 9.48 Å². The van der Waals surface area contributed by atoms with Crippen molar-refractivity contribution in [2.24, 2.45) is 13.0 Å². The molecule has 2 heterocycles. The summed E-state index contributed by atoms with van der Waals surface area (Å²) >= 11 is 2.04. The van der Waals surface area contributed by atoms with Crippen LogP contribution in [0.15, 0.2) is 12.4 Å². The number of aromatic nitrogens is 2. The molecule has 1 aliphatic carbocycles. The van der Waals surface area contributed by atoms with Crippen LogP contribution in [0.1, 0.15) is 44.1 Å². The van der Waals surface area contributed by atoms with Gasteiger partial charge in [-0.2, -0.15) is 16.9 Å². The Kier molecular flexibility index (Phi) is 7.44. The van der Waals surface area contributed by atoms with E-state index in [2.05, 4.69) is 22.7 Å². The van der Waals surface area contributed by atoms with E-state index in [9.17, 15) is 4.79 Å². The highest BCUT2D eigenvalue weighted by molar-refractivity contribution is 7.99. The zero-order valence-electron chi connectivity index (χ0n) is 14.5. The minimum atomic E-state index is 0. The summed E-state index contributed by atoms with van der Waals surface area (Å²) in [5, 5.41) is 11.7. The van der Waals surface area contributed by atoms with Crippen molar-refractivity contribution in [3.63, 3.8) is 0 Å². The molecule has 1 amide bonds. The van der Waals surface area contributed by atoms with E-state index in [-0.39, 0.29) is 30.2 Å². The summed E-state index contributed by atoms with van der Waals surface area (Å²) in [4.78, 5) is 12.8. The van der Waals surface area contributed by atoms with E-state index in [0.717, 1.165) is 31.2 Å². The number of halogens is 1. The van der Waals surface area contributed by atoms with Crippen LogP contribution in [0.3, 0.4) is 0 Å². The van der Waals surface area contributed by atoms with Gasteiger partial charge in [0.05, 0.1) is 12.1 Å². The maximum atomic E-state index is 12.8. The molecule has 5 nitrogen and oxygen atoms in total. The second kappa shape index (κ2) is 9.11. The van der Waals surface area contributed by atoms with Crippen molar-refractivity contribution in [2.75, 3.05) is 18.8 Å². The van der Waals surface area contributed by atoms with Crippen molar-refractivity contribution < 1.29 is 4.79 Å². The van der Waals surface area contributed by atoms with Crippen molar-refractivity contribution in [3.05, 3.63) is 18.0 Å². The van der Waals surface area contributed by atoms with Gasteiger partial charge in [-0.1, -0.05) is 13.3 Å². The van der Waals surface area contributed by atoms with Crippen LogP contribution < -0.4 is 10.6 Å². The number of carbonyl (C=O) groups excluding carboxylic acids is 1. The number of nitrogens with one attached hydrogen (secondary N) is 2. The van der Waals surface area contributed by atoms with E-state index in [1.54, 1.807) is 0 Å². The molecule has 2 unspecified atom stereocenters. The van der Waals surface area contributed by atoms with Crippen LogP contribution in [-0.4, -0.2) is 45.8 Å². The average molecular weight is 373 g/mol. The Balaban J connectivity index is 0.00000208. The molecule has 1 saturated carbocycles. The summed E-state index contributed by atoms with van der Waals surface area (Å²) in [6.45, 7) is 3.85. The number of thioether (sulfide) groups is 1. The van der Waals surface area contributed by atoms with Crippen LogP contribution in [0.25, 0.3) is 0 Å². The highest BCUT2D eigenvalue weighted by Crippen LogP contribution is 2.31. The number of carbonyl (C=O) groups is 1. The Bertz CT molecular complexity index is 536. The zero-order chi connectivity index (χ0) is 16.2.